The Morgan fingerprint density at radius 3 is 1.94 bits per heavy atom. The minimum atomic E-state index is -0.159. The van der Waals surface area contributed by atoms with E-state index in [1.165, 1.54) is 0 Å². The molecule has 1 saturated carbocycles. The summed E-state index contributed by atoms with van der Waals surface area (Å²) in [6, 6.07) is 15.4. The van der Waals surface area contributed by atoms with Crippen LogP contribution in [0.4, 0.5) is 4.79 Å². The molecule has 1 aliphatic rings. The van der Waals surface area contributed by atoms with Gasteiger partial charge < -0.3 is 19.7 Å². The van der Waals surface area contributed by atoms with E-state index >= 15 is 0 Å². The van der Waals surface area contributed by atoms with Gasteiger partial charge in [-0.2, -0.15) is 0 Å². The standard InChI is InChI=1S/C28H37N3O4/c1-27(2)14-23(15-28(3,18-27)19-29-20-32)30-26(33)31(16-21-6-10-24(34-4)11-7-21)17-22-8-12-25(35-5)13-9-22/h6-13,23H,14-19H2,1-5H3,(H,30,33). The molecule has 3 rings (SSSR count). The number of carbonyl (C=O) groups is 1. The highest BCUT2D eigenvalue weighted by molar-refractivity contribution is 5.74. The topological polar surface area (TPSA) is 80.2 Å². The van der Waals surface area contributed by atoms with E-state index in [2.05, 4.69) is 31.1 Å². The van der Waals surface area contributed by atoms with E-state index in [1.54, 1.807) is 20.3 Å². The summed E-state index contributed by atoms with van der Waals surface area (Å²) in [6.07, 6.45) is 4.26. The molecule has 0 aliphatic heterocycles. The molecule has 2 aromatic carbocycles. The number of methoxy groups -OCH3 is 2. The van der Waals surface area contributed by atoms with Gasteiger partial charge in [0.15, 0.2) is 0 Å². The van der Waals surface area contributed by atoms with E-state index in [4.69, 9.17) is 9.47 Å². The molecule has 0 bridgehead atoms. The lowest BCUT2D eigenvalue weighted by molar-refractivity contribution is 0.0772. The maximum Gasteiger partial charge on any atom is 0.318 e. The Kier molecular flexibility index (Phi) is 8.57. The average Bonchev–Trinajstić information content (AvgIpc) is 2.82. The molecule has 7 heteroatoms. The third-order valence-corrected chi connectivity index (χ3v) is 6.65. The van der Waals surface area contributed by atoms with E-state index in [9.17, 15) is 9.59 Å². The minimum Gasteiger partial charge on any atom is -0.497 e. The van der Waals surface area contributed by atoms with E-state index in [-0.39, 0.29) is 22.9 Å². The van der Waals surface area contributed by atoms with Crippen LogP contribution in [0.25, 0.3) is 0 Å². The molecule has 0 spiro atoms. The Hall–Kier alpha value is -3.31. The van der Waals surface area contributed by atoms with Crippen molar-refractivity contribution in [1.82, 2.24) is 10.2 Å². The number of rotatable bonds is 9. The van der Waals surface area contributed by atoms with Gasteiger partial charge in [-0.05, 0) is 65.5 Å². The first-order valence-corrected chi connectivity index (χ1v) is 12.0. The molecule has 2 aromatic rings. The molecule has 0 heterocycles. The van der Waals surface area contributed by atoms with Crippen LogP contribution in [0.2, 0.25) is 0 Å². The van der Waals surface area contributed by atoms with Gasteiger partial charge in [-0.15, -0.1) is 0 Å². The summed E-state index contributed by atoms with van der Waals surface area (Å²) >= 11 is 0. The maximum atomic E-state index is 13.6. The van der Waals surface area contributed by atoms with Crippen LogP contribution in [0.1, 0.15) is 51.2 Å². The van der Waals surface area contributed by atoms with Gasteiger partial charge in [-0.3, -0.25) is 0 Å². The average molecular weight is 480 g/mol. The van der Waals surface area contributed by atoms with Crippen molar-refractivity contribution in [3.8, 4) is 11.5 Å². The van der Waals surface area contributed by atoms with Crippen molar-refractivity contribution >= 4 is 12.1 Å². The lowest BCUT2D eigenvalue weighted by Gasteiger charge is -2.46. The predicted molar refractivity (Wildman–Crippen MR) is 136 cm³/mol. The molecule has 0 aromatic heterocycles. The first kappa shape index (κ1) is 26.3. The van der Waals surface area contributed by atoms with Crippen molar-refractivity contribution in [3.63, 3.8) is 0 Å². The molecule has 1 fully saturated rings. The van der Waals surface area contributed by atoms with E-state index in [1.807, 2.05) is 53.4 Å². The lowest BCUT2D eigenvalue weighted by atomic mass is 9.62. The molecule has 1 N–H and O–H groups in total. The highest BCUT2D eigenvalue weighted by Gasteiger charge is 2.42. The largest absolute Gasteiger partial charge is 0.497 e. The molecule has 188 valence electrons. The molecular weight excluding hydrogens is 442 g/mol. The predicted octanol–water partition coefficient (Wildman–Crippen LogP) is 5.34. The van der Waals surface area contributed by atoms with Gasteiger partial charge in [0.25, 0.3) is 0 Å². The summed E-state index contributed by atoms with van der Waals surface area (Å²) < 4.78 is 10.5. The highest BCUT2D eigenvalue weighted by Crippen LogP contribution is 2.46. The normalized spacial score (nSPS) is 20.9. The van der Waals surface area contributed by atoms with Crippen LogP contribution >= 0.6 is 0 Å². The third-order valence-electron chi connectivity index (χ3n) is 6.65. The summed E-state index contributed by atoms with van der Waals surface area (Å²) in [5.74, 6) is 1.56. The van der Waals surface area contributed by atoms with E-state index < -0.39 is 0 Å². The van der Waals surface area contributed by atoms with Crippen LogP contribution in [0.3, 0.4) is 0 Å². The molecule has 0 radical (unpaired) electrons. The van der Waals surface area contributed by atoms with Gasteiger partial charge in [0.05, 0.1) is 20.8 Å². The van der Waals surface area contributed by atoms with Gasteiger partial charge in [-0.1, -0.05) is 45.0 Å². The summed E-state index contributed by atoms with van der Waals surface area (Å²) in [7, 11) is 3.27. The quantitative estimate of drug-likeness (QED) is 0.389. The minimum absolute atomic E-state index is 0.00710. The number of nitrogens with one attached hydrogen (secondary N) is 1. The fourth-order valence-electron chi connectivity index (χ4n) is 5.45. The third kappa shape index (κ3) is 7.59. The highest BCUT2D eigenvalue weighted by atomic mass is 16.5. The fourth-order valence-corrected chi connectivity index (χ4v) is 5.45. The lowest BCUT2D eigenvalue weighted by Crippen LogP contribution is -2.51. The maximum absolute atomic E-state index is 13.6. The number of aliphatic imine (C=N–C) groups is 1. The zero-order chi connectivity index (χ0) is 25.5. The second-order valence-corrected chi connectivity index (χ2v) is 10.7. The SMILES string of the molecule is COc1ccc(CN(Cc2ccc(OC)cc2)C(=O)NC2CC(C)(C)CC(C)(CN=C=O)C2)cc1. The zero-order valence-corrected chi connectivity index (χ0v) is 21.5. The first-order chi connectivity index (χ1) is 16.6. The molecule has 7 nitrogen and oxygen atoms in total. The number of nitrogens with zero attached hydrogens (tertiary/aromatic N) is 2. The molecule has 35 heavy (non-hydrogen) atoms. The van der Waals surface area contributed by atoms with Crippen molar-refractivity contribution in [2.75, 3.05) is 20.8 Å². The van der Waals surface area contributed by atoms with Crippen LogP contribution < -0.4 is 14.8 Å². The van der Waals surface area contributed by atoms with E-state index in [0.29, 0.717) is 19.6 Å². The van der Waals surface area contributed by atoms with Gasteiger partial charge >= 0.3 is 6.03 Å². The zero-order valence-electron chi connectivity index (χ0n) is 21.5. The first-order valence-electron chi connectivity index (χ1n) is 12.0. The van der Waals surface area contributed by atoms with Crippen molar-refractivity contribution in [2.45, 2.75) is 59.2 Å². The van der Waals surface area contributed by atoms with Crippen LogP contribution in [0, 0.1) is 10.8 Å². The molecule has 2 atom stereocenters. The van der Waals surface area contributed by atoms with Crippen molar-refractivity contribution in [3.05, 3.63) is 59.7 Å². The van der Waals surface area contributed by atoms with Crippen LogP contribution in [-0.4, -0.2) is 43.8 Å². The molecular formula is C28H37N3O4. The van der Waals surface area contributed by atoms with Crippen molar-refractivity contribution in [2.24, 2.45) is 15.8 Å². The van der Waals surface area contributed by atoms with Crippen molar-refractivity contribution in [1.29, 1.82) is 0 Å². The van der Waals surface area contributed by atoms with Gasteiger partial charge in [-0.25, -0.2) is 14.6 Å². The fraction of sp³-hybridized carbons (Fsp3) is 0.500. The number of isocyanates is 1. The second-order valence-electron chi connectivity index (χ2n) is 10.7. The monoisotopic (exact) mass is 479 g/mol. The Bertz CT molecular complexity index is 980. The summed E-state index contributed by atoms with van der Waals surface area (Å²) in [4.78, 5) is 30.0. The number of benzene rings is 2. The number of hydrogen-bond donors (Lipinski definition) is 1. The van der Waals surface area contributed by atoms with Crippen LogP contribution in [0.15, 0.2) is 53.5 Å². The number of ether oxygens (including phenoxy) is 2. The number of hydrogen-bond acceptors (Lipinski definition) is 5. The van der Waals surface area contributed by atoms with Crippen LogP contribution in [0.5, 0.6) is 11.5 Å². The van der Waals surface area contributed by atoms with Crippen LogP contribution in [-0.2, 0) is 17.9 Å². The van der Waals surface area contributed by atoms with E-state index in [0.717, 1.165) is 41.9 Å². The Labute approximate surface area is 208 Å². The number of carbonyl (C=O) groups excluding carboxylic acids is 2. The summed E-state index contributed by atoms with van der Waals surface area (Å²) in [6.45, 7) is 7.91. The number of urea groups is 1. The molecule has 2 unspecified atom stereocenters. The molecule has 2 amide bonds. The van der Waals surface area contributed by atoms with Crippen molar-refractivity contribution < 1.29 is 19.1 Å². The molecule has 0 saturated heterocycles. The summed E-state index contributed by atoms with van der Waals surface area (Å²) in [5, 5.41) is 3.29. The smallest absolute Gasteiger partial charge is 0.318 e. The second kappa shape index (κ2) is 11.4. The van der Waals surface area contributed by atoms with Gasteiger partial charge in [0.1, 0.15) is 11.5 Å². The Morgan fingerprint density at radius 2 is 1.49 bits per heavy atom. The Balaban J connectivity index is 1.79. The molecule has 1 aliphatic carbocycles. The summed E-state index contributed by atoms with van der Waals surface area (Å²) in [5.41, 5.74) is 1.90. The van der Waals surface area contributed by atoms with Gasteiger partial charge in [0.2, 0.25) is 6.08 Å². The number of amides is 2. The Morgan fingerprint density at radius 1 is 0.971 bits per heavy atom. The van der Waals surface area contributed by atoms with Gasteiger partial charge in [0, 0.05) is 19.1 Å².